The average Bonchev–Trinajstić information content (AvgIpc) is 3.06. The molecule has 2 aromatic carbocycles. The van der Waals surface area contributed by atoms with Crippen LogP contribution in [0.1, 0.15) is 16.7 Å². The number of H-pyrrole nitrogens is 1. The molecule has 2 heterocycles. The van der Waals surface area contributed by atoms with E-state index in [9.17, 15) is 4.39 Å². The van der Waals surface area contributed by atoms with Crippen LogP contribution in [0.5, 0.6) is 0 Å². The Morgan fingerprint density at radius 1 is 1.05 bits per heavy atom. The fourth-order valence-electron chi connectivity index (χ4n) is 3.28. The molecule has 0 aliphatic carbocycles. The summed E-state index contributed by atoms with van der Waals surface area (Å²) in [5, 5.41) is 2.05. The maximum Gasteiger partial charge on any atom is 0.123 e. The van der Waals surface area contributed by atoms with Gasteiger partial charge in [0.05, 0.1) is 0 Å². The number of rotatable bonds is 1. The molecule has 1 N–H and O–H groups in total. The van der Waals surface area contributed by atoms with Gasteiger partial charge >= 0.3 is 0 Å². The molecule has 2 aromatic heterocycles. The number of nitrogens with zero attached hydrogens (tertiary/aromatic N) is 1. The van der Waals surface area contributed by atoms with E-state index in [4.69, 9.17) is 0 Å². The Kier molecular flexibility index (Phi) is 2.67. The van der Waals surface area contributed by atoms with Crippen molar-refractivity contribution in [2.45, 2.75) is 20.8 Å². The van der Waals surface area contributed by atoms with Crippen molar-refractivity contribution in [1.29, 1.82) is 0 Å². The molecule has 0 bridgehead atoms. The summed E-state index contributed by atoms with van der Waals surface area (Å²) >= 11 is 0. The van der Waals surface area contributed by atoms with E-state index in [1.165, 1.54) is 17.2 Å². The van der Waals surface area contributed by atoms with Crippen LogP contribution >= 0.6 is 0 Å². The van der Waals surface area contributed by atoms with Gasteiger partial charge in [0, 0.05) is 39.9 Å². The first-order chi connectivity index (χ1) is 10.5. The van der Waals surface area contributed by atoms with Gasteiger partial charge in [-0.25, -0.2) is 4.39 Å². The fourth-order valence-corrected chi connectivity index (χ4v) is 3.28. The number of aromatic nitrogens is 2. The number of hydrogen-bond acceptors (Lipinski definition) is 0. The predicted molar refractivity (Wildman–Crippen MR) is 89.3 cm³/mol. The van der Waals surface area contributed by atoms with Gasteiger partial charge in [0.2, 0.25) is 0 Å². The molecule has 0 aliphatic heterocycles. The van der Waals surface area contributed by atoms with Gasteiger partial charge < -0.3 is 9.55 Å². The summed E-state index contributed by atoms with van der Waals surface area (Å²) in [5.74, 6) is -0.201. The van der Waals surface area contributed by atoms with Gasteiger partial charge in [-0.15, -0.1) is 0 Å². The number of halogens is 1. The Labute approximate surface area is 128 Å². The number of aromatic amines is 1. The lowest BCUT2D eigenvalue weighted by atomic mass is 10.0. The molecule has 22 heavy (non-hydrogen) atoms. The second-order valence-corrected chi connectivity index (χ2v) is 6.00. The summed E-state index contributed by atoms with van der Waals surface area (Å²) in [6, 6.07) is 9.20. The predicted octanol–water partition coefficient (Wildman–Crippen LogP) is 5.18. The highest BCUT2D eigenvalue weighted by atomic mass is 19.1. The Morgan fingerprint density at radius 2 is 1.86 bits per heavy atom. The highest BCUT2D eigenvalue weighted by Crippen LogP contribution is 2.34. The Morgan fingerprint density at radius 3 is 2.59 bits per heavy atom. The van der Waals surface area contributed by atoms with Crippen LogP contribution in [0.4, 0.5) is 4.39 Å². The normalized spacial score (nSPS) is 11.6. The summed E-state index contributed by atoms with van der Waals surface area (Å²) in [7, 11) is 0. The Bertz CT molecular complexity index is 1020. The zero-order valence-corrected chi connectivity index (χ0v) is 12.9. The van der Waals surface area contributed by atoms with Crippen molar-refractivity contribution in [3.8, 4) is 5.69 Å². The van der Waals surface area contributed by atoms with Gasteiger partial charge in [-0.2, -0.15) is 0 Å². The van der Waals surface area contributed by atoms with E-state index in [1.807, 2.05) is 6.07 Å². The van der Waals surface area contributed by atoms with Crippen LogP contribution in [-0.2, 0) is 0 Å². The molecular formula is C19H17FN2. The van der Waals surface area contributed by atoms with Gasteiger partial charge in [-0.3, -0.25) is 0 Å². The first kappa shape index (κ1) is 13.1. The topological polar surface area (TPSA) is 20.7 Å². The van der Waals surface area contributed by atoms with Crippen LogP contribution in [0, 0.1) is 26.6 Å². The molecule has 0 unspecified atom stereocenters. The van der Waals surface area contributed by atoms with Gasteiger partial charge in [0.25, 0.3) is 0 Å². The van der Waals surface area contributed by atoms with E-state index in [1.54, 1.807) is 6.07 Å². The Hall–Kier alpha value is -2.55. The third-order valence-corrected chi connectivity index (χ3v) is 4.39. The van der Waals surface area contributed by atoms with E-state index in [-0.39, 0.29) is 5.82 Å². The summed E-state index contributed by atoms with van der Waals surface area (Å²) in [4.78, 5) is 3.42. The average molecular weight is 292 g/mol. The largest absolute Gasteiger partial charge is 0.354 e. The molecule has 4 aromatic rings. The van der Waals surface area contributed by atoms with Crippen LogP contribution in [0.15, 0.2) is 42.7 Å². The molecular weight excluding hydrogens is 275 g/mol. The molecule has 0 fully saturated rings. The van der Waals surface area contributed by atoms with Gasteiger partial charge in [0.1, 0.15) is 5.82 Å². The molecule has 0 radical (unpaired) electrons. The molecule has 110 valence electrons. The van der Waals surface area contributed by atoms with Crippen molar-refractivity contribution in [3.63, 3.8) is 0 Å². The molecule has 0 amide bonds. The van der Waals surface area contributed by atoms with Gasteiger partial charge in [-0.1, -0.05) is 0 Å². The van der Waals surface area contributed by atoms with E-state index in [0.717, 1.165) is 33.1 Å². The summed E-state index contributed by atoms with van der Waals surface area (Å²) < 4.78 is 15.8. The lowest BCUT2D eigenvalue weighted by molar-refractivity contribution is 0.630. The number of hydrogen-bond donors (Lipinski definition) is 1. The first-order valence-corrected chi connectivity index (χ1v) is 7.41. The second-order valence-electron chi connectivity index (χ2n) is 6.00. The molecule has 0 saturated carbocycles. The van der Waals surface area contributed by atoms with Crippen molar-refractivity contribution in [1.82, 2.24) is 9.55 Å². The molecule has 0 atom stereocenters. The second kappa shape index (κ2) is 4.47. The smallest absolute Gasteiger partial charge is 0.123 e. The quantitative estimate of drug-likeness (QED) is 0.499. The lowest BCUT2D eigenvalue weighted by Crippen LogP contribution is -1.96. The minimum atomic E-state index is -0.201. The summed E-state index contributed by atoms with van der Waals surface area (Å²) in [6.07, 6.45) is 4.18. The van der Waals surface area contributed by atoms with Gasteiger partial charge in [-0.05, 0) is 67.8 Å². The maximum atomic E-state index is 13.7. The zero-order chi connectivity index (χ0) is 15.4. The summed E-state index contributed by atoms with van der Waals surface area (Å²) in [5.41, 5.74) is 6.76. The number of aryl methyl sites for hydroxylation is 3. The van der Waals surface area contributed by atoms with Crippen molar-refractivity contribution in [3.05, 3.63) is 65.2 Å². The lowest BCUT2D eigenvalue weighted by Gasteiger charge is -2.11. The summed E-state index contributed by atoms with van der Waals surface area (Å²) in [6.45, 7) is 6.27. The molecule has 3 heteroatoms. The van der Waals surface area contributed by atoms with Crippen LogP contribution in [-0.4, -0.2) is 9.55 Å². The fraction of sp³-hybridized carbons (Fsp3) is 0.158. The van der Waals surface area contributed by atoms with Crippen molar-refractivity contribution in [2.24, 2.45) is 0 Å². The third-order valence-electron chi connectivity index (χ3n) is 4.39. The van der Waals surface area contributed by atoms with Crippen LogP contribution in [0.3, 0.4) is 0 Å². The zero-order valence-electron chi connectivity index (χ0n) is 12.9. The molecule has 4 rings (SSSR count). The van der Waals surface area contributed by atoms with E-state index >= 15 is 0 Å². The number of nitrogens with one attached hydrogen (secondary N) is 1. The van der Waals surface area contributed by atoms with Crippen LogP contribution in [0.2, 0.25) is 0 Å². The van der Waals surface area contributed by atoms with Crippen molar-refractivity contribution < 1.29 is 4.39 Å². The standard InChI is InChI=1S/C19H17FN2/c1-11-6-7-22(10-11)17-8-12(2)19-18(13(17)3)15-9-14(20)4-5-16(15)21-19/h4-10,21H,1-3H3. The minimum Gasteiger partial charge on any atom is -0.354 e. The highest BCUT2D eigenvalue weighted by Gasteiger charge is 2.14. The van der Waals surface area contributed by atoms with Crippen molar-refractivity contribution in [2.75, 3.05) is 0 Å². The molecule has 0 saturated heterocycles. The van der Waals surface area contributed by atoms with Crippen LogP contribution in [0.25, 0.3) is 27.5 Å². The SMILES string of the molecule is Cc1ccn(-c2cc(C)c3[nH]c4ccc(F)cc4c3c2C)c1. The van der Waals surface area contributed by atoms with Gasteiger partial charge in [0.15, 0.2) is 0 Å². The number of benzene rings is 2. The Balaban J connectivity index is 2.15. The van der Waals surface area contributed by atoms with E-state index in [0.29, 0.717) is 0 Å². The molecule has 0 aliphatic rings. The molecule has 0 spiro atoms. The monoisotopic (exact) mass is 292 g/mol. The van der Waals surface area contributed by atoms with Crippen molar-refractivity contribution >= 4 is 21.8 Å². The number of fused-ring (bicyclic) bond motifs is 3. The molecule has 2 nitrogen and oxygen atoms in total. The maximum absolute atomic E-state index is 13.7. The van der Waals surface area contributed by atoms with Crippen LogP contribution < -0.4 is 0 Å². The van der Waals surface area contributed by atoms with E-state index < -0.39 is 0 Å². The third kappa shape index (κ3) is 1.78. The minimum absolute atomic E-state index is 0.201. The van der Waals surface area contributed by atoms with E-state index in [2.05, 4.69) is 54.8 Å². The highest BCUT2D eigenvalue weighted by molar-refractivity contribution is 6.10. The first-order valence-electron chi connectivity index (χ1n) is 7.41.